The Kier molecular flexibility index (Phi) is 2.45. The first-order valence-corrected chi connectivity index (χ1v) is 5.88. The number of para-hydroxylation sites is 1. The molecule has 0 spiro atoms. The first-order valence-electron chi connectivity index (χ1n) is 5.50. The molecule has 0 amide bonds. The van der Waals surface area contributed by atoms with Crippen molar-refractivity contribution in [1.29, 1.82) is 0 Å². The minimum absolute atomic E-state index is 0.218. The van der Waals surface area contributed by atoms with Gasteiger partial charge in [-0.05, 0) is 25.1 Å². The molecule has 1 aromatic carbocycles. The Labute approximate surface area is 108 Å². The molecule has 0 saturated carbocycles. The van der Waals surface area contributed by atoms with Crippen LogP contribution < -0.4 is 5.69 Å². The number of nitrogens with zero attached hydrogens (tertiary/aromatic N) is 3. The summed E-state index contributed by atoms with van der Waals surface area (Å²) in [6.45, 7) is 1.78. The van der Waals surface area contributed by atoms with Gasteiger partial charge in [0.05, 0.1) is 11.4 Å². The van der Waals surface area contributed by atoms with E-state index in [1.165, 1.54) is 4.40 Å². The van der Waals surface area contributed by atoms with Crippen LogP contribution in [0, 0.1) is 6.92 Å². The minimum Gasteiger partial charge on any atom is -0.269 e. The van der Waals surface area contributed by atoms with Crippen LogP contribution in [0.25, 0.3) is 11.3 Å². The molecule has 0 aliphatic carbocycles. The van der Waals surface area contributed by atoms with E-state index < -0.39 is 0 Å². The fourth-order valence-electron chi connectivity index (χ4n) is 1.92. The fraction of sp³-hybridized carbons (Fsp3) is 0.0769. The van der Waals surface area contributed by atoms with Crippen molar-refractivity contribution in [2.24, 2.45) is 0 Å². The molecule has 90 valence electrons. The van der Waals surface area contributed by atoms with Crippen LogP contribution in [0.4, 0.5) is 0 Å². The van der Waals surface area contributed by atoms with Crippen molar-refractivity contribution in [3.05, 3.63) is 63.9 Å². The number of fused-ring (bicyclic) bond motifs is 1. The number of aromatic nitrogens is 3. The quantitative estimate of drug-likeness (QED) is 0.673. The predicted octanol–water partition coefficient (Wildman–Crippen LogP) is 2.45. The van der Waals surface area contributed by atoms with Gasteiger partial charge in [-0.25, -0.2) is 14.2 Å². The second-order valence-electron chi connectivity index (χ2n) is 3.99. The highest BCUT2D eigenvalue weighted by Crippen LogP contribution is 2.15. The molecule has 4 nitrogen and oxygen atoms in total. The van der Waals surface area contributed by atoms with Crippen molar-refractivity contribution in [3.63, 3.8) is 0 Å². The van der Waals surface area contributed by atoms with Crippen molar-refractivity contribution < 1.29 is 0 Å². The average Bonchev–Trinajstić information content (AvgIpc) is 2.67. The van der Waals surface area contributed by atoms with Crippen molar-refractivity contribution >= 4 is 17.2 Å². The third-order valence-corrected chi connectivity index (χ3v) is 3.25. The van der Waals surface area contributed by atoms with E-state index in [0.29, 0.717) is 16.5 Å². The van der Waals surface area contributed by atoms with Gasteiger partial charge in [0.15, 0.2) is 0 Å². The number of benzene rings is 1. The van der Waals surface area contributed by atoms with E-state index in [1.54, 1.807) is 23.8 Å². The molecule has 0 unspecified atom stereocenters. The minimum atomic E-state index is -0.218. The lowest BCUT2D eigenvalue weighted by atomic mass is 10.3. The van der Waals surface area contributed by atoms with Crippen molar-refractivity contribution in [1.82, 2.24) is 14.0 Å². The van der Waals surface area contributed by atoms with Crippen LogP contribution in [-0.4, -0.2) is 14.0 Å². The van der Waals surface area contributed by atoms with Crippen LogP contribution in [0.2, 0.25) is 5.15 Å². The second kappa shape index (κ2) is 3.99. The molecule has 18 heavy (non-hydrogen) atoms. The fourth-order valence-corrected chi connectivity index (χ4v) is 2.12. The molecule has 0 atom stereocenters. The molecule has 0 N–H and O–H groups in total. The van der Waals surface area contributed by atoms with Gasteiger partial charge >= 0.3 is 5.69 Å². The van der Waals surface area contributed by atoms with E-state index in [-0.39, 0.29) is 5.69 Å². The number of aryl methyl sites for hydroxylation is 1. The number of halogens is 1. The van der Waals surface area contributed by atoms with Crippen molar-refractivity contribution in [2.45, 2.75) is 6.92 Å². The summed E-state index contributed by atoms with van der Waals surface area (Å²) >= 11 is 6.09. The lowest BCUT2D eigenvalue weighted by Crippen LogP contribution is -2.24. The lowest BCUT2D eigenvalue weighted by Gasteiger charge is -2.05. The van der Waals surface area contributed by atoms with Gasteiger partial charge in [0.25, 0.3) is 0 Å². The topological polar surface area (TPSA) is 39.3 Å². The second-order valence-corrected chi connectivity index (χ2v) is 4.34. The highest BCUT2D eigenvalue weighted by Gasteiger charge is 2.11. The van der Waals surface area contributed by atoms with Gasteiger partial charge in [0, 0.05) is 6.20 Å². The van der Waals surface area contributed by atoms with Crippen LogP contribution in [0.1, 0.15) is 5.69 Å². The molecule has 0 aliphatic rings. The SMILES string of the molecule is Cc1nc2ccn(-c3ccccc3)c(=O)n2c1Cl. The van der Waals surface area contributed by atoms with Crippen molar-refractivity contribution in [2.75, 3.05) is 0 Å². The number of hydrogen-bond acceptors (Lipinski definition) is 2. The molecule has 3 rings (SSSR count). The monoisotopic (exact) mass is 259 g/mol. The number of hydrogen-bond donors (Lipinski definition) is 0. The average molecular weight is 260 g/mol. The van der Waals surface area contributed by atoms with Crippen LogP contribution in [0.5, 0.6) is 0 Å². The normalized spacial score (nSPS) is 11.0. The van der Waals surface area contributed by atoms with E-state index >= 15 is 0 Å². The van der Waals surface area contributed by atoms with Gasteiger partial charge in [-0.2, -0.15) is 0 Å². The van der Waals surface area contributed by atoms with Gasteiger partial charge in [-0.3, -0.25) is 4.57 Å². The standard InChI is InChI=1S/C13H10ClN3O/c1-9-12(14)17-11(15-9)7-8-16(13(17)18)10-5-3-2-4-6-10/h2-8H,1H3. The molecular formula is C13H10ClN3O. The van der Waals surface area contributed by atoms with Gasteiger partial charge < -0.3 is 0 Å². The van der Waals surface area contributed by atoms with Crippen molar-refractivity contribution in [3.8, 4) is 5.69 Å². The zero-order valence-electron chi connectivity index (χ0n) is 9.67. The summed E-state index contributed by atoms with van der Waals surface area (Å²) in [5.74, 6) is 0. The number of imidazole rings is 1. The summed E-state index contributed by atoms with van der Waals surface area (Å²) < 4.78 is 2.95. The highest BCUT2D eigenvalue weighted by atomic mass is 35.5. The third kappa shape index (κ3) is 1.54. The summed E-state index contributed by atoms with van der Waals surface area (Å²) in [6.07, 6.45) is 1.70. The number of rotatable bonds is 1. The van der Waals surface area contributed by atoms with Crippen LogP contribution in [0.15, 0.2) is 47.4 Å². The summed E-state index contributed by atoms with van der Waals surface area (Å²) in [5.41, 5.74) is 1.80. The van der Waals surface area contributed by atoms with Gasteiger partial charge in [-0.1, -0.05) is 29.8 Å². The largest absolute Gasteiger partial charge is 0.339 e. The summed E-state index contributed by atoms with van der Waals surface area (Å²) in [7, 11) is 0. The Morgan fingerprint density at radius 3 is 2.61 bits per heavy atom. The van der Waals surface area contributed by atoms with Gasteiger partial charge in [0.2, 0.25) is 0 Å². The Bertz CT molecular complexity index is 774. The highest BCUT2D eigenvalue weighted by molar-refractivity contribution is 6.30. The molecule has 0 bridgehead atoms. The van der Waals surface area contributed by atoms with Gasteiger partial charge in [0.1, 0.15) is 10.8 Å². The summed E-state index contributed by atoms with van der Waals surface area (Å²) in [6, 6.07) is 11.2. The smallest absolute Gasteiger partial charge is 0.269 e. The van der Waals surface area contributed by atoms with E-state index in [1.807, 2.05) is 30.3 Å². The molecule has 2 aromatic heterocycles. The zero-order valence-corrected chi connectivity index (χ0v) is 10.4. The van der Waals surface area contributed by atoms with E-state index in [9.17, 15) is 4.79 Å². The van der Waals surface area contributed by atoms with Gasteiger partial charge in [-0.15, -0.1) is 0 Å². The summed E-state index contributed by atoms with van der Waals surface area (Å²) in [5, 5.41) is 0.361. The predicted molar refractivity (Wildman–Crippen MR) is 70.5 cm³/mol. The molecule has 0 radical (unpaired) electrons. The summed E-state index contributed by atoms with van der Waals surface area (Å²) in [4.78, 5) is 16.6. The van der Waals surface area contributed by atoms with Crippen LogP contribution in [0.3, 0.4) is 0 Å². The maximum absolute atomic E-state index is 12.4. The first-order chi connectivity index (χ1) is 8.68. The molecule has 0 fully saturated rings. The van der Waals surface area contributed by atoms with E-state index in [0.717, 1.165) is 5.69 Å². The maximum Gasteiger partial charge on any atom is 0.339 e. The zero-order chi connectivity index (χ0) is 12.7. The van der Waals surface area contributed by atoms with Crippen LogP contribution in [-0.2, 0) is 0 Å². The Morgan fingerprint density at radius 2 is 1.89 bits per heavy atom. The van der Waals surface area contributed by atoms with Crippen LogP contribution >= 0.6 is 11.6 Å². The molecule has 0 saturated heterocycles. The Balaban J connectivity index is 2.37. The first kappa shape index (κ1) is 11.0. The third-order valence-electron chi connectivity index (χ3n) is 2.81. The lowest BCUT2D eigenvalue weighted by molar-refractivity contribution is 0.880. The van der Waals surface area contributed by atoms with E-state index in [4.69, 9.17) is 11.6 Å². The Hall–Kier alpha value is -2.07. The molecule has 3 aromatic rings. The molecule has 5 heteroatoms. The molecule has 2 heterocycles. The molecule has 0 aliphatic heterocycles. The molecular weight excluding hydrogens is 250 g/mol. The maximum atomic E-state index is 12.4. The Morgan fingerprint density at radius 1 is 1.17 bits per heavy atom. The van der Waals surface area contributed by atoms with E-state index in [2.05, 4.69) is 4.98 Å².